The zero-order valence-electron chi connectivity index (χ0n) is 12.6. The Hall–Kier alpha value is -1.91. The Labute approximate surface area is 124 Å². The molecule has 0 aromatic heterocycles. The molecule has 1 aromatic rings. The van der Waals surface area contributed by atoms with Crippen LogP contribution in [-0.4, -0.2) is 22.4 Å². The molecule has 5 heteroatoms. The van der Waals surface area contributed by atoms with Crippen molar-refractivity contribution in [2.45, 2.75) is 45.6 Å². The number of nitrogens with one attached hydrogen (secondary N) is 1. The van der Waals surface area contributed by atoms with Crippen molar-refractivity contribution in [1.82, 2.24) is 10.4 Å². The molecule has 0 radical (unpaired) electrons. The summed E-state index contributed by atoms with van der Waals surface area (Å²) in [5, 5.41) is 1.29. The van der Waals surface area contributed by atoms with E-state index in [9.17, 15) is 14.0 Å². The molecule has 0 spiro atoms. The van der Waals surface area contributed by atoms with Crippen LogP contribution >= 0.6 is 0 Å². The average Bonchev–Trinajstić information content (AvgIpc) is 2.31. The predicted molar refractivity (Wildman–Crippen MR) is 77.8 cm³/mol. The van der Waals surface area contributed by atoms with Gasteiger partial charge in [0.05, 0.1) is 5.54 Å². The van der Waals surface area contributed by atoms with Gasteiger partial charge in [0.1, 0.15) is 5.82 Å². The van der Waals surface area contributed by atoms with Gasteiger partial charge in [0.15, 0.2) is 0 Å². The van der Waals surface area contributed by atoms with Crippen molar-refractivity contribution in [1.29, 1.82) is 0 Å². The van der Waals surface area contributed by atoms with Gasteiger partial charge in [-0.1, -0.05) is 12.5 Å². The van der Waals surface area contributed by atoms with Gasteiger partial charge in [0.25, 0.3) is 5.91 Å². The van der Waals surface area contributed by atoms with Gasteiger partial charge in [-0.3, -0.25) is 15.0 Å². The first-order chi connectivity index (χ1) is 9.79. The molecule has 0 saturated heterocycles. The van der Waals surface area contributed by atoms with Crippen LogP contribution in [0.4, 0.5) is 4.39 Å². The molecule has 2 rings (SSSR count). The van der Waals surface area contributed by atoms with Crippen LogP contribution in [0.1, 0.15) is 50.4 Å². The first-order valence-corrected chi connectivity index (χ1v) is 7.19. The minimum absolute atomic E-state index is 0.0184. The SMILES string of the molecule is CC(C)(C)N(NC(=O)C1CCC1)C(=O)c1cccc(F)c1. The number of carbonyl (C=O) groups excluding carboxylic acids is 2. The maximum atomic E-state index is 13.3. The molecule has 0 bridgehead atoms. The fourth-order valence-electron chi connectivity index (χ4n) is 2.15. The Bertz CT molecular complexity index is 547. The largest absolute Gasteiger partial charge is 0.273 e. The summed E-state index contributed by atoms with van der Waals surface area (Å²) in [6, 6.07) is 5.48. The Morgan fingerprint density at radius 2 is 1.95 bits per heavy atom. The number of amides is 2. The summed E-state index contributed by atoms with van der Waals surface area (Å²) < 4.78 is 13.3. The fraction of sp³-hybridized carbons (Fsp3) is 0.500. The van der Waals surface area contributed by atoms with Crippen molar-refractivity contribution < 1.29 is 14.0 Å². The highest BCUT2D eigenvalue weighted by Gasteiger charge is 2.33. The van der Waals surface area contributed by atoms with E-state index in [-0.39, 0.29) is 17.4 Å². The van der Waals surface area contributed by atoms with Gasteiger partial charge >= 0.3 is 0 Å². The van der Waals surface area contributed by atoms with Gasteiger partial charge in [0, 0.05) is 11.5 Å². The van der Waals surface area contributed by atoms with Crippen molar-refractivity contribution in [2.24, 2.45) is 5.92 Å². The molecular weight excluding hydrogens is 271 g/mol. The van der Waals surface area contributed by atoms with Gasteiger partial charge < -0.3 is 0 Å². The number of carbonyl (C=O) groups is 2. The Balaban J connectivity index is 2.19. The lowest BCUT2D eigenvalue weighted by atomic mass is 9.85. The summed E-state index contributed by atoms with van der Waals surface area (Å²) in [6.07, 6.45) is 2.77. The molecule has 1 aliphatic carbocycles. The molecule has 1 aliphatic rings. The Morgan fingerprint density at radius 1 is 1.29 bits per heavy atom. The van der Waals surface area contributed by atoms with Crippen molar-refractivity contribution >= 4 is 11.8 Å². The Morgan fingerprint density at radius 3 is 2.43 bits per heavy atom. The lowest BCUT2D eigenvalue weighted by molar-refractivity contribution is -0.133. The van der Waals surface area contributed by atoms with Crippen LogP contribution in [0.5, 0.6) is 0 Å². The van der Waals surface area contributed by atoms with Crippen LogP contribution in [0.2, 0.25) is 0 Å². The molecule has 0 aliphatic heterocycles. The molecule has 1 saturated carbocycles. The van der Waals surface area contributed by atoms with Gasteiger partial charge in [-0.25, -0.2) is 9.40 Å². The topological polar surface area (TPSA) is 49.4 Å². The zero-order valence-corrected chi connectivity index (χ0v) is 12.6. The van der Waals surface area contributed by atoms with Crippen molar-refractivity contribution in [3.05, 3.63) is 35.6 Å². The van der Waals surface area contributed by atoms with Crippen molar-refractivity contribution in [3.8, 4) is 0 Å². The monoisotopic (exact) mass is 292 g/mol. The second kappa shape index (κ2) is 5.84. The minimum atomic E-state index is -0.594. The van der Waals surface area contributed by atoms with Crippen LogP contribution in [-0.2, 0) is 4.79 Å². The maximum absolute atomic E-state index is 13.3. The minimum Gasteiger partial charge on any atom is -0.273 e. The molecular formula is C16H21FN2O2. The highest BCUT2D eigenvalue weighted by molar-refractivity contribution is 5.96. The highest BCUT2D eigenvalue weighted by atomic mass is 19.1. The molecule has 1 N–H and O–H groups in total. The van der Waals surface area contributed by atoms with E-state index >= 15 is 0 Å². The number of hydrogen-bond donors (Lipinski definition) is 1. The third kappa shape index (κ3) is 3.60. The number of rotatable bonds is 2. The third-order valence-corrected chi connectivity index (χ3v) is 3.64. The van der Waals surface area contributed by atoms with E-state index in [4.69, 9.17) is 0 Å². The van der Waals surface area contributed by atoms with Crippen LogP contribution in [0.15, 0.2) is 24.3 Å². The summed E-state index contributed by atoms with van der Waals surface area (Å²) in [5.74, 6) is -1.04. The zero-order chi connectivity index (χ0) is 15.6. The summed E-state index contributed by atoms with van der Waals surface area (Å²) >= 11 is 0. The summed E-state index contributed by atoms with van der Waals surface area (Å²) in [4.78, 5) is 24.7. The molecule has 0 atom stereocenters. The quantitative estimate of drug-likeness (QED) is 0.852. The number of hydrazine groups is 1. The first kappa shape index (κ1) is 15.5. The molecule has 21 heavy (non-hydrogen) atoms. The van der Waals surface area contributed by atoms with E-state index in [1.165, 1.54) is 23.2 Å². The van der Waals surface area contributed by atoms with Crippen molar-refractivity contribution in [3.63, 3.8) is 0 Å². The van der Waals surface area contributed by atoms with Crippen molar-refractivity contribution in [2.75, 3.05) is 0 Å². The molecule has 0 unspecified atom stereocenters. The van der Waals surface area contributed by atoms with Crippen LogP contribution in [0.3, 0.4) is 0 Å². The normalized spacial score (nSPS) is 15.2. The molecule has 2 amide bonds. The molecule has 114 valence electrons. The first-order valence-electron chi connectivity index (χ1n) is 7.19. The lowest BCUT2D eigenvalue weighted by Gasteiger charge is -2.37. The van der Waals surface area contributed by atoms with Crippen LogP contribution in [0.25, 0.3) is 0 Å². The van der Waals surface area contributed by atoms with E-state index in [0.717, 1.165) is 19.3 Å². The van der Waals surface area contributed by atoms with Crippen LogP contribution < -0.4 is 5.43 Å². The summed E-state index contributed by atoms with van der Waals surface area (Å²) in [7, 11) is 0. The molecule has 1 aromatic carbocycles. The smallest absolute Gasteiger partial charge is 0.272 e. The van der Waals surface area contributed by atoms with E-state index < -0.39 is 17.3 Å². The van der Waals surface area contributed by atoms with Gasteiger partial charge in [0.2, 0.25) is 5.91 Å². The second-order valence-electron chi connectivity index (χ2n) is 6.43. The van der Waals surface area contributed by atoms with E-state index in [2.05, 4.69) is 5.43 Å². The number of hydrogen-bond acceptors (Lipinski definition) is 2. The maximum Gasteiger partial charge on any atom is 0.272 e. The second-order valence-corrected chi connectivity index (χ2v) is 6.43. The van der Waals surface area contributed by atoms with Gasteiger partial charge in [-0.15, -0.1) is 0 Å². The molecule has 0 heterocycles. The molecule has 1 fully saturated rings. The third-order valence-electron chi connectivity index (χ3n) is 3.64. The van der Waals surface area contributed by atoms with E-state index in [1.54, 1.807) is 6.07 Å². The number of nitrogens with zero attached hydrogens (tertiary/aromatic N) is 1. The van der Waals surface area contributed by atoms with Crippen LogP contribution in [0, 0.1) is 11.7 Å². The lowest BCUT2D eigenvalue weighted by Crippen LogP contribution is -2.57. The van der Waals surface area contributed by atoms with E-state index in [0.29, 0.717) is 0 Å². The summed E-state index contributed by atoms with van der Waals surface area (Å²) in [5.41, 5.74) is 2.33. The van der Waals surface area contributed by atoms with Gasteiger partial charge in [-0.05, 0) is 51.8 Å². The summed E-state index contributed by atoms with van der Waals surface area (Å²) in [6.45, 7) is 5.47. The van der Waals surface area contributed by atoms with Gasteiger partial charge in [-0.2, -0.15) is 0 Å². The number of benzene rings is 1. The standard InChI is InChI=1S/C16H21FN2O2/c1-16(2,3)19(18-14(20)11-6-4-7-11)15(21)12-8-5-9-13(17)10-12/h5,8-11H,4,6-7H2,1-3H3,(H,18,20). The fourth-order valence-corrected chi connectivity index (χ4v) is 2.15. The average molecular weight is 292 g/mol. The number of halogens is 1. The highest BCUT2D eigenvalue weighted by Crippen LogP contribution is 2.27. The van der Waals surface area contributed by atoms with E-state index in [1.807, 2.05) is 20.8 Å². The Kier molecular flexibility index (Phi) is 4.30. The predicted octanol–water partition coefficient (Wildman–Crippen LogP) is 2.90. The molecule has 4 nitrogen and oxygen atoms in total.